The predicted molar refractivity (Wildman–Crippen MR) is 34.4 cm³/mol. The number of rotatable bonds is 0. The molecule has 2 heteroatoms. The van der Waals surface area contributed by atoms with Crippen molar-refractivity contribution in [3.05, 3.63) is 0 Å². The van der Waals surface area contributed by atoms with Gasteiger partial charge in [-0.2, -0.15) is 0 Å². The minimum Gasteiger partial charge on any atom is -0.326 e. The van der Waals surface area contributed by atoms with Crippen molar-refractivity contribution in [3.8, 4) is 0 Å². The van der Waals surface area contributed by atoms with Crippen LogP contribution in [0.5, 0.6) is 0 Å². The highest BCUT2D eigenvalue weighted by Crippen LogP contribution is 2.24. The second-order valence-electron chi connectivity index (χ2n) is 3.00. The first kappa shape index (κ1) is 6.05. The minimum atomic E-state index is -0.0694. The quantitative estimate of drug-likeness (QED) is 0.473. The van der Waals surface area contributed by atoms with Crippen molar-refractivity contribution in [2.24, 2.45) is 11.5 Å². The molecule has 8 heavy (non-hydrogen) atoms. The van der Waals surface area contributed by atoms with E-state index in [9.17, 15) is 0 Å². The van der Waals surface area contributed by atoms with Crippen molar-refractivity contribution in [3.63, 3.8) is 0 Å². The average molecular weight is 114 g/mol. The van der Waals surface area contributed by atoms with Crippen LogP contribution in [0.2, 0.25) is 0 Å². The van der Waals surface area contributed by atoms with E-state index in [4.69, 9.17) is 11.5 Å². The summed E-state index contributed by atoms with van der Waals surface area (Å²) < 4.78 is 0. The molecule has 0 bridgehead atoms. The van der Waals surface area contributed by atoms with Gasteiger partial charge < -0.3 is 11.5 Å². The fourth-order valence-electron chi connectivity index (χ4n) is 1.22. The van der Waals surface area contributed by atoms with E-state index >= 15 is 0 Å². The largest absolute Gasteiger partial charge is 0.326 e. The van der Waals surface area contributed by atoms with Gasteiger partial charge in [-0.3, -0.25) is 0 Å². The predicted octanol–water partition coefficient (Wildman–Crippen LogP) is 0.215. The van der Waals surface area contributed by atoms with E-state index in [0.29, 0.717) is 0 Å². The molecule has 0 aromatic rings. The van der Waals surface area contributed by atoms with Crippen molar-refractivity contribution in [2.45, 2.75) is 37.8 Å². The molecule has 0 spiro atoms. The highest BCUT2D eigenvalue weighted by molar-refractivity contribution is 4.95. The van der Waals surface area contributed by atoms with Crippen LogP contribution in [-0.4, -0.2) is 11.6 Å². The fraction of sp³-hybridized carbons (Fsp3) is 1.00. The molecule has 1 aliphatic rings. The summed E-state index contributed by atoms with van der Waals surface area (Å²) in [5.74, 6) is 0. The van der Waals surface area contributed by atoms with Gasteiger partial charge in [-0.05, 0) is 26.2 Å². The van der Waals surface area contributed by atoms with Gasteiger partial charge in [0.25, 0.3) is 0 Å². The number of nitrogens with two attached hydrogens (primary N) is 2. The van der Waals surface area contributed by atoms with Crippen LogP contribution in [0.15, 0.2) is 0 Å². The summed E-state index contributed by atoms with van der Waals surface area (Å²) in [4.78, 5) is 0. The molecular formula is C6H14N2. The van der Waals surface area contributed by atoms with Gasteiger partial charge in [-0.15, -0.1) is 0 Å². The van der Waals surface area contributed by atoms with E-state index < -0.39 is 0 Å². The van der Waals surface area contributed by atoms with Gasteiger partial charge in [0.1, 0.15) is 0 Å². The first-order valence-electron chi connectivity index (χ1n) is 3.17. The zero-order valence-electron chi connectivity index (χ0n) is 5.35. The first-order chi connectivity index (χ1) is 3.63. The Labute approximate surface area is 50.2 Å². The van der Waals surface area contributed by atoms with Crippen LogP contribution in [-0.2, 0) is 0 Å². The molecule has 0 unspecified atom stereocenters. The lowest BCUT2D eigenvalue weighted by Gasteiger charge is -2.22. The molecule has 2 nitrogen and oxygen atoms in total. The van der Waals surface area contributed by atoms with Crippen LogP contribution in [0, 0.1) is 0 Å². The van der Waals surface area contributed by atoms with Gasteiger partial charge in [-0.1, -0.05) is 0 Å². The average Bonchev–Trinajstić information content (AvgIpc) is 1.86. The molecular weight excluding hydrogens is 100 g/mol. The second kappa shape index (κ2) is 1.71. The monoisotopic (exact) mass is 114 g/mol. The summed E-state index contributed by atoms with van der Waals surface area (Å²) in [6, 6.07) is 0.238. The molecule has 1 fully saturated rings. The molecule has 0 heterocycles. The maximum absolute atomic E-state index is 5.80. The lowest BCUT2D eigenvalue weighted by molar-refractivity contribution is 0.429. The Morgan fingerprint density at radius 3 is 2.38 bits per heavy atom. The van der Waals surface area contributed by atoms with Gasteiger partial charge in [0, 0.05) is 11.6 Å². The van der Waals surface area contributed by atoms with Crippen molar-refractivity contribution in [2.75, 3.05) is 0 Å². The minimum absolute atomic E-state index is 0.0694. The Bertz CT molecular complexity index is 88.5. The van der Waals surface area contributed by atoms with Crippen molar-refractivity contribution < 1.29 is 0 Å². The van der Waals surface area contributed by atoms with Gasteiger partial charge >= 0.3 is 0 Å². The van der Waals surface area contributed by atoms with Gasteiger partial charge in [0.05, 0.1) is 0 Å². The van der Waals surface area contributed by atoms with Crippen LogP contribution >= 0.6 is 0 Å². The smallest absolute Gasteiger partial charge is 0.0279 e. The molecule has 0 radical (unpaired) electrons. The summed E-state index contributed by atoms with van der Waals surface area (Å²) in [6.45, 7) is 2.03. The normalized spacial score (nSPS) is 47.6. The third kappa shape index (κ3) is 0.858. The van der Waals surface area contributed by atoms with Crippen LogP contribution in [0.4, 0.5) is 0 Å². The molecule has 48 valence electrons. The topological polar surface area (TPSA) is 52.0 Å². The van der Waals surface area contributed by atoms with Crippen molar-refractivity contribution in [1.82, 2.24) is 0 Å². The Balaban J connectivity index is 2.54. The zero-order chi connectivity index (χ0) is 6.20. The first-order valence-corrected chi connectivity index (χ1v) is 3.17. The van der Waals surface area contributed by atoms with Crippen molar-refractivity contribution in [1.29, 1.82) is 0 Å². The fourth-order valence-corrected chi connectivity index (χ4v) is 1.22. The highest BCUT2D eigenvalue weighted by atomic mass is 14.9. The summed E-state index contributed by atoms with van der Waals surface area (Å²) >= 11 is 0. The second-order valence-corrected chi connectivity index (χ2v) is 3.00. The maximum Gasteiger partial charge on any atom is 0.0279 e. The SMILES string of the molecule is C[C@]1(N)CCC[C@H]1N. The van der Waals surface area contributed by atoms with Gasteiger partial charge in [-0.25, -0.2) is 0 Å². The number of hydrogen-bond acceptors (Lipinski definition) is 2. The third-order valence-electron chi connectivity index (χ3n) is 2.08. The molecule has 1 aliphatic carbocycles. The van der Waals surface area contributed by atoms with E-state index in [0.717, 1.165) is 12.8 Å². The maximum atomic E-state index is 5.80. The van der Waals surface area contributed by atoms with E-state index in [1.54, 1.807) is 0 Å². The molecule has 0 aromatic heterocycles. The molecule has 0 aromatic carbocycles. The van der Waals surface area contributed by atoms with Crippen LogP contribution in [0.3, 0.4) is 0 Å². The van der Waals surface area contributed by atoms with Crippen LogP contribution in [0.25, 0.3) is 0 Å². The summed E-state index contributed by atoms with van der Waals surface area (Å²) in [5, 5.41) is 0. The number of hydrogen-bond donors (Lipinski definition) is 2. The van der Waals surface area contributed by atoms with Gasteiger partial charge in [0.2, 0.25) is 0 Å². The van der Waals surface area contributed by atoms with E-state index in [1.165, 1.54) is 6.42 Å². The van der Waals surface area contributed by atoms with E-state index in [-0.39, 0.29) is 11.6 Å². The molecule has 0 amide bonds. The Kier molecular flexibility index (Phi) is 1.29. The Hall–Kier alpha value is -0.0800. The molecule has 1 saturated carbocycles. The summed E-state index contributed by atoms with van der Waals surface area (Å²) in [5.41, 5.74) is 11.4. The molecule has 0 aliphatic heterocycles. The van der Waals surface area contributed by atoms with Crippen molar-refractivity contribution >= 4 is 0 Å². The highest BCUT2D eigenvalue weighted by Gasteiger charge is 2.31. The summed E-state index contributed by atoms with van der Waals surface area (Å²) in [6.07, 6.45) is 3.40. The van der Waals surface area contributed by atoms with E-state index in [2.05, 4.69) is 0 Å². The standard InChI is InChI=1S/C6H14N2/c1-6(8)4-2-3-5(6)7/h5H,2-4,7-8H2,1H3/t5-,6+/m1/s1. The molecule has 4 N–H and O–H groups in total. The van der Waals surface area contributed by atoms with E-state index in [1.807, 2.05) is 6.92 Å². The third-order valence-corrected chi connectivity index (χ3v) is 2.08. The molecule has 0 saturated heterocycles. The zero-order valence-corrected chi connectivity index (χ0v) is 5.35. The lowest BCUT2D eigenvalue weighted by atomic mass is 9.98. The molecule has 1 rings (SSSR count). The Morgan fingerprint density at radius 1 is 1.62 bits per heavy atom. The Morgan fingerprint density at radius 2 is 2.25 bits per heavy atom. The van der Waals surface area contributed by atoms with Gasteiger partial charge in [0.15, 0.2) is 0 Å². The van der Waals surface area contributed by atoms with Crippen LogP contribution < -0.4 is 11.5 Å². The summed E-state index contributed by atoms with van der Waals surface area (Å²) in [7, 11) is 0. The lowest BCUT2D eigenvalue weighted by Crippen LogP contribution is -2.48. The molecule has 2 atom stereocenters. The van der Waals surface area contributed by atoms with Crippen LogP contribution in [0.1, 0.15) is 26.2 Å².